The second kappa shape index (κ2) is 8.01. The number of likely N-dealkylation sites (tertiary alicyclic amines) is 1. The molecular weight excluding hydrogens is 372 g/mol. The van der Waals surface area contributed by atoms with Gasteiger partial charge in [-0.1, -0.05) is 72.3 Å². The number of hydrogen-bond acceptors (Lipinski definition) is 3. The predicted octanol–water partition coefficient (Wildman–Crippen LogP) is 2.38. The molecule has 1 fully saturated rings. The zero-order valence-electron chi connectivity index (χ0n) is 14.1. The number of β-lactam (4-membered cyclic amide) rings is 1. The first-order valence-electron chi connectivity index (χ1n) is 8.21. The Morgan fingerprint density at radius 2 is 1.65 bits per heavy atom. The Balaban J connectivity index is 1.58. The molecule has 0 saturated carbocycles. The molecule has 0 spiro atoms. The van der Waals surface area contributed by atoms with E-state index < -0.39 is 15.1 Å². The molecule has 0 radical (unpaired) electrons. The van der Waals surface area contributed by atoms with Gasteiger partial charge in [0.05, 0.1) is 23.0 Å². The quantitative estimate of drug-likeness (QED) is 0.448. The van der Waals surface area contributed by atoms with Crippen LogP contribution in [0.3, 0.4) is 0 Å². The molecule has 0 bridgehead atoms. The van der Waals surface area contributed by atoms with Crippen molar-refractivity contribution in [1.29, 1.82) is 0 Å². The van der Waals surface area contributed by atoms with Crippen molar-refractivity contribution in [2.45, 2.75) is 23.0 Å². The number of nitrogens with zero attached hydrogens (tertiary/aromatic N) is 1. The molecule has 0 aromatic heterocycles. The zero-order valence-corrected chi connectivity index (χ0v) is 15.6. The van der Waals surface area contributed by atoms with Gasteiger partial charge in [0.25, 0.3) is 0 Å². The van der Waals surface area contributed by atoms with Crippen molar-refractivity contribution in [3.63, 3.8) is 0 Å². The standard InChI is InChI=1S/C19H19ClN2O3S/c20-19(26(25)14-16-9-5-2-6-10-16)11-18(24)22(19)13-17(23)21-12-15-7-3-1-4-8-15/h1-10H,11-14H2,(H,21,23). The third-order valence-corrected chi connectivity index (χ3v) is 6.71. The van der Waals surface area contributed by atoms with Gasteiger partial charge in [-0.15, -0.1) is 0 Å². The fourth-order valence-electron chi connectivity index (χ4n) is 2.71. The van der Waals surface area contributed by atoms with Crippen molar-refractivity contribution < 1.29 is 13.8 Å². The largest absolute Gasteiger partial charge is 0.350 e. The summed E-state index contributed by atoms with van der Waals surface area (Å²) < 4.78 is 11.4. The fraction of sp³-hybridized carbons (Fsp3) is 0.263. The number of hydrogen-bond donors (Lipinski definition) is 1. The van der Waals surface area contributed by atoms with Crippen LogP contribution in [-0.2, 0) is 32.7 Å². The van der Waals surface area contributed by atoms with Crippen LogP contribution in [0.5, 0.6) is 0 Å². The summed E-state index contributed by atoms with van der Waals surface area (Å²) in [5, 5.41) is 2.75. The zero-order chi connectivity index (χ0) is 18.6. The molecule has 2 amide bonds. The smallest absolute Gasteiger partial charge is 0.239 e. The summed E-state index contributed by atoms with van der Waals surface area (Å²) in [5.41, 5.74) is 1.83. The van der Waals surface area contributed by atoms with Crippen LogP contribution < -0.4 is 5.32 Å². The van der Waals surface area contributed by atoms with Gasteiger partial charge in [0, 0.05) is 6.54 Å². The van der Waals surface area contributed by atoms with Gasteiger partial charge < -0.3 is 10.2 Å². The Morgan fingerprint density at radius 1 is 1.08 bits per heavy atom. The van der Waals surface area contributed by atoms with Crippen LogP contribution in [-0.4, -0.2) is 31.8 Å². The minimum Gasteiger partial charge on any atom is -0.350 e. The van der Waals surface area contributed by atoms with Crippen LogP contribution in [0.25, 0.3) is 0 Å². The van der Waals surface area contributed by atoms with Gasteiger partial charge in [-0.25, -0.2) is 0 Å². The summed E-state index contributed by atoms with van der Waals surface area (Å²) in [6.07, 6.45) is -0.0278. The van der Waals surface area contributed by atoms with Crippen LogP contribution >= 0.6 is 11.6 Å². The van der Waals surface area contributed by atoms with E-state index in [1.807, 2.05) is 60.7 Å². The maximum Gasteiger partial charge on any atom is 0.239 e. The summed E-state index contributed by atoms with van der Waals surface area (Å²) in [6.45, 7) is 0.166. The summed E-state index contributed by atoms with van der Waals surface area (Å²) in [5.74, 6) is -0.361. The maximum atomic E-state index is 12.7. The molecule has 7 heteroatoms. The van der Waals surface area contributed by atoms with Crippen LogP contribution in [0.4, 0.5) is 0 Å². The molecule has 2 unspecified atom stereocenters. The van der Waals surface area contributed by atoms with E-state index in [9.17, 15) is 13.8 Å². The van der Waals surface area contributed by atoms with E-state index in [2.05, 4.69) is 5.32 Å². The van der Waals surface area contributed by atoms with E-state index in [-0.39, 0.29) is 30.5 Å². The highest BCUT2D eigenvalue weighted by Gasteiger charge is 2.54. The average Bonchev–Trinajstić information content (AvgIpc) is 2.66. The van der Waals surface area contributed by atoms with Crippen molar-refractivity contribution in [3.05, 3.63) is 71.8 Å². The van der Waals surface area contributed by atoms with Crippen molar-refractivity contribution in [2.24, 2.45) is 0 Å². The molecular formula is C19H19ClN2O3S. The normalized spacial score (nSPS) is 20.3. The van der Waals surface area contributed by atoms with Crippen molar-refractivity contribution in [1.82, 2.24) is 10.2 Å². The molecule has 1 aliphatic heterocycles. The molecule has 0 aliphatic carbocycles. The first kappa shape index (κ1) is 18.6. The van der Waals surface area contributed by atoms with Gasteiger partial charge in [0.2, 0.25) is 16.1 Å². The van der Waals surface area contributed by atoms with Gasteiger partial charge in [0.15, 0.2) is 0 Å². The van der Waals surface area contributed by atoms with Crippen LogP contribution in [0.1, 0.15) is 17.5 Å². The molecule has 3 rings (SSSR count). The van der Waals surface area contributed by atoms with E-state index in [1.54, 1.807) is 0 Å². The van der Waals surface area contributed by atoms with Crippen molar-refractivity contribution in [3.8, 4) is 0 Å². The predicted molar refractivity (Wildman–Crippen MR) is 101 cm³/mol. The second-order valence-corrected chi connectivity index (χ2v) is 8.59. The van der Waals surface area contributed by atoms with E-state index >= 15 is 0 Å². The molecule has 1 aliphatic rings. The van der Waals surface area contributed by atoms with Gasteiger partial charge in [-0.2, -0.15) is 0 Å². The van der Waals surface area contributed by atoms with Crippen molar-refractivity contribution in [2.75, 3.05) is 6.54 Å². The second-order valence-electron chi connectivity index (χ2n) is 6.08. The summed E-state index contributed by atoms with van der Waals surface area (Å²) in [4.78, 5) is 25.3. The summed E-state index contributed by atoms with van der Waals surface area (Å²) >= 11 is 6.45. The van der Waals surface area contributed by atoms with Gasteiger partial charge >= 0.3 is 0 Å². The number of halogens is 1. The first-order valence-corrected chi connectivity index (χ1v) is 9.91. The molecule has 136 valence electrons. The maximum absolute atomic E-state index is 12.7. The average molecular weight is 391 g/mol. The summed E-state index contributed by atoms with van der Waals surface area (Å²) in [6, 6.07) is 18.8. The lowest BCUT2D eigenvalue weighted by Gasteiger charge is -2.46. The van der Waals surface area contributed by atoms with Crippen LogP contribution in [0.2, 0.25) is 0 Å². The SMILES string of the molecule is O=C(CN1C(=O)CC1(Cl)S(=O)Cc1ccccc1)NCc1ccccc1. The lowest BCUT2D eigenvalue weighted by molar-refractivity contribution is -0.147. The first-order chi connectivity index (χ1) is 12.5. The lowest BCUT2D eigenvalue weighted by atomic mass is 10.2. The number of amides is 2. The fourth-order valence-corrected chi connectivity index (χ4v) is 4.56. The van der Waals surface area contributed by atoms with Crippen LogP contribution in [0, 0.1) is 0 Å². The van der Waals surface area contributed by atoms with Crippen molar-refractivity contribution >= 4 is 34.2 Å². The highest BCUT2D eigenvalue weighted by molar-refractivity contribution is 7.87. The van der Waals surface area contributed by atoms with E-state index in [0.29, 0.717) is 6.54 Å². The Kier molecular flexibility index (Phi) is 5.74. The van der Waals surface area contributed by atoms with Crippen LogP contribution in [0.15, 0.2) is 60.7 Å². The van der Waals surface area contributed by atoms with E-state index in [1.165, 1.54) is 4.90 Å². The minimum atomic E-state index is -1.51. The minimum absolute atomic E-state index is 0.0278. The van der Waals surface area contributed by atoms with E-state index in [0.717, 1.165) is 11.1 Å². The third kappa shape index (κ3) is 4.14. The molecule has 2 aromatic carbocycles. The topological polar surface area (TPSA) is 66.5 Å². The summed E-state index contributed by atoms with van der Waals surface area (Å²) in [7, 11) is -1.51. The highest BCUT2D eigenvalue weighted by Crippen LogP contribution is 2.40. The molecule has 1 N–H and O–H groups in total. The molecule has 5 nitrogen and oxygen atoms in total. The van der Waals surface area contributed by atoms with Gasteiger partial charge in [0.1, 0.15) is 6.54 Å². The lowest BCUT2D eigenvalue weighted by Crippen LogP contribution is -2.64. The monoisotopic (exact) mass is 390 g/mol. The highest BCUT2D eigenvalue weighted by atomic mass is 35.5. The molecule has 26 heavy (non-hydrogen) atoms. The Hall–Kier alpha value is -2.18. The number of rotatable bonds is 7. The van der Waals surface area contributed by atoms with Gasteiger partial charge in [-0.3, -0.25) is 13.8 Å². The Bertz CT molecular complexity index is 816. The molecule has 1 heterocycles. The third-order valence-electron chi connectivity index (χ3n) is 4.20. The number of benzene rings is 2. The molecule has 2 atom stereocenters. The number of carbonyl (C=O) groups is 2. The number of carbonyl (C=O) groups excluding carboxylic acids is 2. The van der Waals surface area contributed by atoms with Gasteiger partial charge in [-0.05, 0) is 11.1 Å². The molecule has 1 saturated heterocycles. The number of nitrogens with one attached hydrogen (secondary N) is 1. The van der Waals surface area contributed by atoms with E-state index in [4.69, 9.17) is 11.6 Å². The number of alkyl halides is 1. The Labute approximate surface area is 159 Å². The molecule has 2 aromatic rings. The Morgan fingerprint density at radius 3 is 2.23 bits per heavy atom.